The fourth-order valence-corrected chi connectivity index (χ4v) is 3.76. The minimum absolute atomic E-state index is 0.212. The van der Waals surface area contributed by atoms with Gasteiger partial charge in [-0.15, -0.1) is 0 Å². The summed E-state index contributed by atoms with van der Waals surface area (Å²) in [6.45, 7) is 12.1. The van der Waals surface area contributed by atoms with E-state index in [-0.39, 0.29) is 12.4 Å². The van der Waals surface area contributed by atoms with Gasteiger partial charge in [-0.1, -0.05) is 19.0 Å². The van der Waals surface area contributed by atoms with Gasteiger partial charge >= 0.3 is 11.9 Å². The Bertz CT molecular complexity index is 720. The Labute approximate surface area is 174 Å². The minimum Gasteiger partial charge on any atom is -0.463 e. The van der Waals surface area contributed by atoms with E-state index in [0.717, 1.165) is 24.2 Å². The normalized spacial score (nSPS) is 19.4. The van der Waals surface area contributed by atoms with Gasteiger partial charge in [-0.3, -0.25) is 4.79 Å². The van der Waals surface area contributed by atoms with Crippen molar-refractivity contribution in [1.82, 2.24) is 5.16 Å². The van der Waals surface area contributed by atoms with Crippen molar-refractivity contribution in [3.63, 3.8) is 0 Å². The molecule has 1 aliphatic carbocycles. The molecule has 1 aromatic rings. The number of nitrogens with zero attached hydrogens (tertiary/aromatic N) is 1. The van der Waals surface area contributed by atoms with Crippen LogP contribution in [0, 0.1) is 11.8 Å². The van der Waals surface area contributed by atoms with E-state index >= 15 is 0 Å². The summed E-state index contributed by atoms with van der Waals surface area (Å²) in [4.78, 5) is 23.9. The van der Waals surface area contributed by atoms with Crippen LogP contribution in [-0.4, -0.2) is 29.3 Å². The highest BCUT2D eigenvalue weighted by atomic mass is 16.6. The van der Waals surface area contributed by atoms with Crippen molar-refractivity contribution in [3.8, 4) is 0 Å². The van der Waals surface area contributed by atoms with Crippen LogP contribution in [-0.2, 0) is 25.5 Å². The van der Waals surface area contributed by atoms with Crippen LogP contribution >= 0.6 is 0 Å². The van der Waals surface area contributed by atoms with Crippen LogP contribution in [0.3, 0.4) is 0 Å². The van der Waals surface area contributed by atoms with Crippen LogP contribution in [0.4, 0.5) is 0 Å². The largest absolute Gasteiger partial charge is 0.463 e. The van der Waals surface area contributed by atoms with E-state index < -0.39 is 11.6 Å². The molecule has 0 saturated heterocycles. The summed E-state index contributed by atoms with van der Waals surface area (Å²) >= 11 is 0. The molecular weight excluding hydrogens is 370 g/mol. The molecule has 6 heteroatoms. The quantitative estimate of drug-likeness (QED) is 0.422. The molecule has 0 spiro atoms. The SMILES string of the molecule is CCOC(=O)/C=C/c1c(CCC(=O)OC(C)(C)C)noc1[C@H]1C[C@@H](CC(C)C)C1. The van der Waals surface area contributed by atoms with E-state index in [1.165, 1.54) is 12.5 Å². The summed E-state index contributed by atoms with van der Waals surface area (Å²) in [6, 6.07) is 0. The molecule has 1 saturated carbocycles. The van der Waals surface area contributed by atoms with Gasteiger partial charge in [0.1, 0.15) is 11.4 Å². The Hall–Kier alpha value is -2.11. The topological polar surface area (TPSA) is 78.6 Å². The van der Waals surface area contributed by atoms with Crippen LogP contribution in [0.5, 0.6) is 0 Å². The van der Waals surface area contributed by atoms with Gasteiger partial charge in [0.05, 0.1) is 18.7 Å². The Morgan fingerprint density at radius 3 is 2.55 bits per heavy atom. The molecule has 0 unspecified atom stereocenters. The zero-order valence-electron chi connectivity index (χ0n) is 18.6. The highest BCUT2D eigenvalue weighted by molar-refractivity contribution is 5.87. The van der Waals surface area contributed by atoms with E-state index in [2.05, 4.69) is 19.0 Å². The fraction of sp³-hybridized carbons (Fsp3) is 0.696. The molecule has 0 aromatic carbocycles. The fourth-order valence-electron chi connectivity index (χ4n) is 3.76. The van der Waals surface area contributed by atoms with E-state index in [9.17, 15) is 9.59 Å². The van der Waals surface area contributed by atoms with Gasteiger partial charge in [0, 0.05) is 24.0 Å². The number of esters is 2. The van der Waals surface area contributed by atoms with Crippen molar-refractivity contribution in [1.29, 1.82) is 0 Å². The van der Waals surface area contributed by atoms with Crippen LogP contribution < -0.4 is 0 Å². The number of aryl methyl sites for hydroxylation is 1. The predicted octanol–water partition coefficient (Wildman–Crippen LogP) is 5.06. The van der Waals surface area contributed by atoms with E-state index in [1.54, 1.807) is 13.0 Å². The second kappa shape index (κ2) is 10.1. The second-order valence-corrected chi connectivity index (χ2v) is 9.24. The number of carbonyl (C=O) groups excluding carboxylic acids is 2. The van der Waals surface area contributed by atoms with Crippen LogP contribution in [0.15, 0.2) is 10.6 Å². The average molecular weight is 406 g/mol. The third-order valence-corrected chi connectivity index (χ3v) is 4.90. The highest BCUT2D eigenvalue weighted by Crippen LogP contribution is 2.46. The van der Waals surface area contributed by atoms with Crippen molar-refractivity contribution in [3.05, 3.63) is 23.1 Å². The summed E-state index contributed by atoms with van der Waals surface area (Å²) in [5.74, 6) is 1.83. The summed E-state index contributed by atoms with van der Waals surface area (Å²) in [5.41, 5.74) is 0.962. The molecular formula is C23H35NO5. The maximum atomic E-state index is 12.1. The number of ether oxygens (including phenoxy) is 2. The molecule has 162 valence electrons. The van der Waals surface area contributed by atoms with Gasteiger partial charge in [0.15, 0.2) is 0 Å². The first-order valence-corrected chi connectivity index (χ1v) is 10.6. The summed E-state index contributed by atoms with van der Waals surface area (Å²) < 4.78 is 16.0. The third kappa shape index (κ3) is 7.33. The van der Waals surface area contributed by atoms with Crippen LogP contribution in [0.1, 0.15) is 90.2 Å². The molecule has 6 nitrogen and oxygen atoms in total. The first kappa shape index (κ1) is 23.2. The summed E-state index contributed by atoms with van der Waals surface area (Å²) in [5, 5.41) is 4.21. The molecule has 0 radical (unpaired) electrons. The maximum absolute atomic E-state index is 12.1. The van der Waals surface area contributed by atoms with Crippen molar-refractivity contribution in [2.75, 3.05) is 6.61 Å². The first-order valence-electron chi connectivity index (χ1n) is 10.6. The second-order valence-electron chi connectivity index (χ2n) is 9.24. The first-order chi connectivity index (χ1) is 13.6. The Balaban J connectivity index is 2.11. The lowest BCUT2D eigenvalue weighted by molar-refractivity contribution is -0.154. The van der Waals surface area contributed by atoms with Crippen LogP contribution in [0.25, 0.3) is 6.08 Å². The lowest BCUT2D eigenvalue weighted by atomic mass is 9.69. The van der Waals surface area contributed by atoms with Gasteiger partial charge < -0.3 is 14.0 Å². The van der Waals surface area contributed by atoms with Crippen molar-refractivity contribution in [2.24, 2.45) is 11.8 Å². The molecule has 1 aliphatic rings. The van der Waals surface area contributed by atoms with Crippen LogP contribution in [0.2, 0.25) is 0 Å². The van der Waals surface area contributed by atoms with Gasteiger partial charge in [0.2, 0.25) is 0 Å². The Morgan fingerprint density at radius 2 is 1.97 bits per heavy atom. The molecule has 1 fully saturated rings. The molecule has 2 rings (SSSR count). The van der Waals surface area contributed by atoms with Crippen molar-refractivity contribution < 1.29 is 23.6 Å². The van der Waals surface area contributed by atoms with Crippen molar-refractivity contribution >= 4 is 18.0 Å². The van der Waals surface area contributed by atoms with Gasteiger partial charge in [-0.2, -0.15) is 0 Å². The molecule has 1 heterocycles. The molecule has 0 bridgehead atoms. The summed E-state index contributed by atoms with van der Waals surface area (Å²) in [6.07, 6.45) is 7.08. The highest BCUT2D eigenvalue weighted by Gasteiger charge is 2.35. The zero-order chi connectivity index (χ0) is 21.6. The van der Waals surface area contributed by atoms with E-state index in [1.807, 2.05) is 20.8 Å². The number of carbonyl (C=O) groups is 2. The number of aromatic nitrogens is 1. The lowest BCUT2D eigenvalue weighted by Crippen LogP contribution is -2.24. The van der Waals surface area contributed by atoms with E-state index in [0.29, 0.717) is 36.5 Å². The van der Waals surface area contributed by atoms with E-state index in [4.69, 9.17) is 14.0 Å². The standard InChI is InChI=1S/C23H35NO5/c1-7-27-20(25)10-8-18-19(9-11-21(26)28-23(4,5)6)24-29-22(18)17-13-16(14-17)12-15(2)3/h8,10,15-17H,7,9,11-14H2,1-6H3/b10-8+/t16-,17+. The number of hydrogen-bond acceptors (Lipinski definition) is 6. The molecule has 0 atom stereocenters. The summed E-state index contributed by atoms with van der Waals surface area (Å²) in [7, 11) is 0. The molecule has 1 aromatic heterocycles. The van der Waals surface area contributed by atoms with Gasteiger partial charge in [-0.25, -0.2) is 4.79 Å². The molecule has 29 heavy (non-hydrogen) atoms. The Morgan fingerprint density at radius 1 is 1.28 bits per heavy atom. The Kier molecular flexibility index (Phi) is 8.05. The molecule has 0 aliphatic heterocycles. The zero-order valence-corrected chi connectivity index (χ0v) is 18.6. The average Bonchev–Trinajstić information content (AvgIpc) is 2.95. The predicted molar refractivity (Wildman–Crippen MR) is 111 cm³/mol. The van der Waals surface area contributed by atoms with Gasteiger partial charge in [-0.05, 0) is 64.9 Å². The number of rotatable bonds is 9. The van der Waals surface area contributed by atoms with Gasteiger partial charge in [0.25, 0.3) is 0 Å². The van der Waals surface area contributed by atoms with Crippen molar-refractivity contribution in [2.45, 2.75) is 85.2 Å². The maximum Gasteiger partial charge on any atom is 0.330 e. The molecule has 0 amide bonds. The monoisotopic (exact) mass is 405 g/mol. The number of hydrogen-bond donors (Lipinski definition) is 0. The smallest absolute Gasteiger partial charge is 0.330 e. The minimum atomic E-state index is -0.518. The third-order valence-electron chi connectivity index (χ3n) is 4.90. The molecule has 0 N–H and O–H groups in total. The lowest BCUT2D eigenvalue weighted by Gasteiger charge is -2.35.